The lowest BCUT2D eigenvalue weighted by Crippen LogP contribution is -2.49. The zero-order chi connectivity index (χ0) is 19.8. The average Bonchev–Trinajstić information content (AvgIpc) is 3.18. The van der Waals surface area contributed by atoms with Gasteiger partial charge >= 0.3 is 0 Å². The smallest absolute Gasteiger partial charge is 0.254 e. The Morgan fingerprint density at radius 2 is 1.93 bits per heavy atom. The normalized spacial score (nSPS) is 26.0. The first-order chi connectivity index (χ1) is 14.2. The Hall–Kier alpha value is -2.33. The summed E-state index contributed by atoms with van der Waals surface area (Å²) in [6, 6.07) is 15.3. The van der Waals surface area contributed by atoms with Crippen molar-refractivity contribution in [1.29, 1.82) is 0 Å². The Bertz CT molecular complexity index is 909. The standard InChI is InChI=1S/C25H30N2O2/c1-29-21-9-4-8-19(15-21)22-16-27(23-10-5-13-26-24(22)23)25(28)20-12-11-17-6-2-3-7-18(17)14-20/h4,8-9,11-12,14-15,22-24,26H,2-3,5-7,10,13,16H2,1H3/t22-,23-,24-/m1/s1. The van der Waals surface area contributed by atoms with Crippen LogP contribution in [0.1, 0.15) is 58.6 Å². The number of hydrogen-bond donors (Lipinski definition) is 1. The van der Waals surface area contributed by atoms with E-state index in [0.717, 1.165) is 50.1 Å². The fourth-order valence-corrected chi connectivity index (χ4v) is 5.57. The molecule has 29 heavy (non-hydrogen) atoms. The van der Waals surface area contributed by atoms with Crippen LogP contribution in [-0.2, 0) is 12.8 Å². The molecular formula is C25H30N2O2. The predicted molar refractivity (Wildman–Crippen MR) is 115 cm³/mol. The Labute approximate surface area is 173 Å². The highest BCUT2D eigenvalue weighted by molar-refractivity contribution is 5.95. The third kappa shape index (κ3) is 3.44. The van der Waals surface area contributed by atoms with Crippen molar-refractivity contribution < 1.29 is 9.53 Å². The SMILES string of the molecule is COc1cccc([C@H]2CN(C(=O)c3ccc4c(c3)CCCC4)[C@@H]3CCCN[C@H]23)c1. The van der Waals surface area contributed by atoms with Crippen LogP contribution in [0.2, 0.25) is 0 Å². The second kappa shape index (κ2) is 7.83. The van der Waals surface area contributed by atoms with E-state index in [2.05, 4.69) is 46.6 Å². The number of benzene rings is 2. The number of nitrogens with one attached hydrogen (secondary N) is 1. The molecule has 4 heteroatoms. The fraction of sp³-hybridized carbons (Fsp3) is 0.480. The quantitative estimate of drug-likeness (QED) is 0.863. The van der Waals surface area contributed by atoms with Gasteiger partial charge in [0.25, 0.3) is 5.91 Å². The maximum Gasteiger partial charge on any atom is 0.254 e. The van der Waals surface area contributed by atoms with Crippen molar-refractivity contribution in [3.05, 3.63) is 64.7 Å². The molecule has 0 bridgehead atoms. The van der Waals surface area contributed by atoms with Gasteiger partial charge in [0.1, 0.15) is 5.75 Å². The summed E-state index contributed by atoms with van der Waals surface area (Å²) in [5.41, 5.74) is 4.93. The summed E-state index contributed by atoms with van der Waals surface area (Å²) in [7, 11) is 1.71. The molecule has 2 aromatic rings. The Morgan fingerprint density at radius 1 is 1.07 bits per heavy atom. The molecule has 5 rings (SSSR count). The molecular weight excluding hydrogens is 360 g/mol. The monoisotopic (exact) mass is 390 g/mol. The number of hydrogen-bond acceptors (Lipinski definition) is 3. The van der Waals surface area contributed by atoms with Crippen molar-refractivity contribution in [3.63, 3.8) is 0 Å². The van der Waals surface area contributed by atoms with Gasteiger partial charge in [-0.2, -0.15) is 0 Å². The van der Waals surface area contributed by atoms with Gasteiger partial charge in [-0.25, -0.2) is 0 Å². The van der Waals surface area contributed by atoms with Crippen molar-refractivity contribution in [3.8, 4) is 5.75 Å². The zero-order valence-electron chi connectivity index (χ0n) is 17.2. The summed E-state index contributed by atoms with van der Waals surface area (Å²) in [4.78, 5) is 15.7. The first-order valence-electron chi connectivity index (χ1n) is 11.0. The molecule has 0 spiro atoms. The lowest BCUT2D eigenvalue weighted by Gasteiger charge is -2.33. The van der Waals surface area contributed by atoms with Crippen LogP contribution in [0.15, 0.2) is 42.5 Å². The van der Waals surface area contributed by atoms with Crippen molar-refractivity contribution in [1.82, 2.24) is 10.2 Å². The Balaban J connectivity index is 1.44. The number of carbonyl (C=O) groups is 1. The lowest BCUT2D eigenvalue weighted by atomic mass is 9.87. The van der Waals surface area contributed by atoms with E-state index in [1.165, 1.54) is 29.5 Å². The van der Waals surface area contributed by atoms with Crippen LogP contribution in [0.3, 0.4) is 0 Å². The number of piperidine rings is 1. The minimum atomic E-state index is 0.197. The minimum absolute atomic E-state index is 0.197. The Kier molecular flexibility index (Phi) is 5.04. The number of fused-ring (bicyclic) bond motifs is 2. The van der Waals surface area contributed by atoms with Crippen molar-refractivity contribution >= 4 is 5.91 Å². The summed E-state index contributed by atoms with van der Waals surface area (Å²) in [6.07, 6.45) is 6.97. The molecule has 0 aromatic heterocycles. The zero-order valence-corrected chi connectivity index (χ0v) is 17.2. The minimum Gasteiger partial charge on any atom is -0.497 e. The van der Waals surface area contributed by atoms with Gasteiger partial charge in [-0.1, -0.05) is 18.2 Å². The lowest BCUT2D eigenvalue weighted by molar-refractivity contribution is 0.0705. The molecule has 2 saturated heterocycles. The first kappa shape index (κ1) is 18.7. The molecule has 1 N–H and O–H groups in total. The molecule has 2 fully saturated rings. The van der Waals surface area contributed by atoms with Crippen LogP contribution in [0, 0.1) is 0 Å². The molecule has 3 aliphatic rings. The van der Waals surface area contributed by atoms with Gasteiger partial charge in [-0.3, -0.25) is 4.79 Å². The summed E-state index contributed by atoms with van der Waals surface area (Å²) < 4.78 is 5.45. The number of likely N-dealkylation sites (tertiary alicyclic amines) is 1. The second-order valence-corrected chi connectivity index (χ2v) is 8.72. The highest BCUT2D eigenvalue weighted by Crippen LogP contribution is 2.38. The van der Waals surface area contributed by atoms with E-state index >= 15 is 0 Å². The van der Waals surface area contributed by atoms with Gasteiger partial charge in [-0.05, 0) is 86.0 Å². The summed E-state index contributed by atoms with van der Waals surface area (Å²) in [6.45, 7) is 1.80. The van der Waals surface area contributed by atoms with Crippen molar-refractivity contribution in [2.75, 3.05) is 20.2 Å². The van der Waals surface area contributed by atoms with Gasteiger partial charge in [0.15, 0.2) is 0 Å². The van der Waals surface area contributed by atoms with Gasteiger partial charge < -0.3 is 15.0 Å². The highest BCUT2D eigenvalue weighted by atomic mass is 16.5. The van der Waals surface area contributed by atoms with Crippen molar-refractivity contribution in [2.45, 2.75) is 56.5 Å². The molecule has 0 unspecified atom stereocenters. The van der Waals surface area contributed by atoms with Gasteiger partial charge in [0.2, 0.25) is 0 Å². The van der Waals surface area contributed by atoms with E-state index in [-0.39, 0.29) is 11.9 Å². The molecule has 3 atom stereocenters. The predicted octanol–water partition coefficient (Wildman–Crippen LogP) is 3.93. The van der Waals surface area contributed by atoms with Gasteiger partial charge in [0, 0.05) is 30.1 Å². The van der Waals surface area contributed by atoms with E-state index in [4.69, 9.17) is 4.74 Å². The van der Waals surface area contributed by atoms with Crippen LogP contribution in [0.25, 0.3) is 0 Å². The number of aryl methyl sites for hydroxylation is 2. The summed E-state index contributed by atoms with van der Waals surface area (Å²) in [5.74, 6) is 1.38. The molecule has 0 radical (unpaired) electrons. The molecule has 1 aliphatic carbocycles. The maximum atomic E-state index is 13.6. The highest BCUT2D eigenvalue weighted by Gasteiger charge is 2.45. The first-order valence-corrected chi connectivity index (χ1v) is 11.0. The van der Waals surface area contributed by atoms with Crippen LogP contribution in [-0.4, -0.2) is 43.1 Å². The van der Waals surface area contributed by atoms with E-state index in [1.54, 1.807) is 7.11 Å². The third-order valence-electron chi connectivity index (χ3n) is 7.08. The fourth-order valence-electron chi connectivity index (χ4n) is 5.57. The number of amides is 1. The van der Waals surface area contributed by atoms with Crippen LogP contribution in [0.5, 0.6) is 5.75 Å². The molecule has 2 aliphatic heterocycles. The van der Waals surface area contributed by atoms with E-state index in [1.807, 2.05) is 6.07 Å². The van der Waals surface area contributed by atoms with Gasteiger partial charge in [-0.15, -0.1) is 0 Å². The maximum absolute atomic E-state index is 13.6. The molecule has 152 valence electrons. The van der Waals surface area contributed by atoms with E-state index < -0.39 is 0 Å². The number of carbonyl (C=O) groups excluding carboxylic acids is 1. The summed E-state index contributed by atoms with van der Waals surface area (Å²) in [5, 5.41) is 3.72. The summed E-state index contributed by atoms with van der Waals surface area (Å²) >= 11 is 0. The second-order valence-electron chi connectivity index (χ2n) is 8.72. The van der Waals surface area contributed by atoms with Crippen LogP contribution < -0.4 is 10.1 Å². The number of rotatable bonds is 3. The number of nitrogens with zero attached hydrogens (tertiary/aromatic N) is 1. The molecule has 4 nitrogen and oxygen atoms in total. The molecule has 1 amide bonds. The topological polar surface area (TPSA) is 41.6 Å². The molecule has 0 saturated carbocycles. The number of ether oxygens (including phenoxy) is 1. The average molecular weight is 391 g/mol. The van der Waals surface area contributed by atoms with E-state index in [0.29, 0.717) is 12.0 Å². The van der Waals surface area contributed by atoms with Crippen LogP contribution >= 0.6 is 0 Å². The Morgan fingerprint density at radius 3 is 2.79 bits per heavy atom. The van der Waals surface area contributed by atoms with Crippen LogP contribution in [0.4, 0.5) is 0 Å². The van der Waals surface area contributed by atoms with Crippen molar-refractivity contribution in [2.24, 2.45) is 0 Å². The molecule has 2 aromatic carbocycles. The van der Waals surface area contributed by atoms with Gasteiger partial charge in [0.05, 0.1) is 7.11 Å². The van der Waals surface area contributed by atoms with E-state index in [9.17, 15) is 4.79 Å². The molecule has 2 heterocycles. The largest absolute Gasteiger partial charge is 0.497 e. The third-order valence-corrected chi connectivity index (χ3v) is 7.08. The number of methoxy groups -OCH3 is 1.